The Morgan fingerprint density at radius 2 is 1.62 bits per heavy atom. The average Bonchev–Trinajstić information content (AvgIpc) is 2.90. The molecule has 0 aliphatic heterocycles. The van der Waals surface area contributed by atoms with E-state index in [1.54, 1.807) is 0 Å². The van der Waals surface area contributed by atoms with E-state index in [1.807, 2.05) is 61.5 Å². The van der Waals surface area contributed by atoms with Gasteiger partial charge in [0.25, 0.3) is 0 Å². The lowest BCUT2D eigenvalue weighted by atomic mass is 9.81. The minimum absolute atomic E-state index is 0.0359. The third-order valence-corrected chi connectivity index (χ3v) is 9.12. The maximum atomic E-state index is 14.7. The highest BCUT2D eigenvalue weighted by Gasteiger charge is 2.33. The highest BCUT2D eigenvalue weighted by atomic mass is 35.5. The van der Waals surface area contributed by atoms with Crippen molar-refractivity contribution >= 4 is 27.5 Å². The summed E-state index contributed by atoms with van der Waals surface area (Å²) < 4.78 is 43.2. The van der Waals surface area contributed by atoms with Crippen LogP contribution in [-0.2, 0) is 27.9 Å². The third kappa shape index (κ3) is 6.98. The largest absolute Gasteiger partial charge is 0.352 e. The zero-order valence-corrected chi connectivity index (χ0v) is 22.4. The third-order valence-electron chi connectivity index (χ3n) is 7.00. The molecule has 1 aliphatic carbocycles. The van der Waals surface area contributed by atoms with Crippen molar-refractivity contribution in [1.29, 1.82) is 0 Å². The summed E-state index contributed by atoms with van der Waals surface area (Å²) in [6, 6.07) is 21.4. The number of carbonyl (C=O) groups is 1. The molecule has 37 heavy (non-hydrogen) atoms. The molecule has 0 aromatic heterocycles. The first-order valence-electron chi connectivity index (χ1n) is 12.6. The first kappa shape index (κ1) is 27.3. The van der Waals surface area contributed by atoms with Gasteiger partial charge in [0.1, 0.15) is 4.90 Å². The first-order valence-corrected chi connectivity index (χ1v) is 14.4. The lowest BCUT2D eigenvalue weighted by Crippen LogP contribution is -2.38. The number of benzene rings is 3. The molecule has 1 aliphatic rings. The minimum Gasteiger partial charge on any atom is -0.352 e. The van der Waals surface area contributed by atoms with Gasteiger partial charge >= 0.3 is 0 Å². The molecule has 5 nitrogen and oxygen atoms in total. The molecule has 4 rings (SSSR count). The molecule has 1 amide bonds. The topological polar surface area (TPSA) is 66.5 Å². The second kappa shape index (κ2) is 12.2. The summed E-state index contributed by atoms with van der Waals surface area (Å²) in [5.74, 6) is -0.918. The van der Waals surface area contributed by atoms with Crippen molar-refractivity contribution in [2.24, 2.45) is 11.8 Å². The van der Waals surface area contributed by atoms with E-state index in [9.17, 15) is 17.6 Å². The van der Waals surface area contributed by atoms with Gasteiger partial charge in [0, 0.05) is 25.6 Å². The number of sulfonamides is 1. The number of aryl methyl sites for hydroxylation is 1. The molecule has 0 heterocycles. The van der Waals surface area contributed by atoms with Crippen molar-refractivity contribution in [3.8, 4) is 0 Å². The average molecular weight is 543 g/mol. The van der Waals surface area contributed by atoms with E-state index < -0.39 is 20.7 Å². The summed E-state index contributed by atoms with van der Waals surface area (Å²) in [4.78, 5) is 12.3. The smallest absolute Gasteiger partial charge is 0.246 e. The van der Waals surface area contributed by atoms with Gasteiger partial charge in [-0.1, -0.05) is 77.8 Å². The van der Waals surface area contributed by atoms with Crippen LogP contribution in [0.4, 0.5) is 4.39 Å². The molecular formula is C29H32ClFN2O3S. The normalized spacial score (nSPS) is 18.1. The van der Waals surface area contributed by atoms with E-state index in [1.165, 1.54) is 28.1 Å². The van der Waals surface area contributed by atoms with Gasteiger partial charge < -0.3 is 5.32 Å². The van der Waals surface area contributed by atoms with Gasteiger partial charge in [-0.3, -0.25) is 4.79 Å². The van der Waals surface area contributed by atoms with Crippen molar-refractivity contribution in [1.82, 2.24) is 9.62 Å². The van der Waals surface area contributed by atoms with Crippen molar-refractivity contribution < 1.29 is 17.6 Å². The van der Waals surface area contributed by atoms with Crippen LogP contribution in [0.25, 0.3) is 0 Å². The SMILES string of the molecule is Cc1ccc(CNC(=O)C2CCC(CN(Cc3ccccc3)S(=O)(=O)c3cccc(Cl)c3F)CC2)cc1. The zero-order chi connectivity index (χ0) is 26.4. The second-order valence-corrected chi connectivity index (χ2v) is 12.1. The van der Waals surface area contributed by atoms with Crippen LogP contribution in [0.3, 0.4) is 0 Å². The van der Waals surface area contributed by atoms with Crippen LogP contribution in [0.5, 0.6) is 0 Å². The molecule has 0 radical (unpaired) electrons. The molecule has 0 bridgehead atoms. The van der Waals surface area contributed by atoms with Crippen molar-refractivity contribution in [3.05, 3.63) is 100 Å². The molecule has 0 atom stereocenters. The minimum atomic E-state index is -4.13. The summed E-state index contributed by atoms with van der Waals surface area (Å²) >= 11 is 5.90. The van der Waals surface area contributed by atoms with E-state index in [0.29, 0.717) is 19.4 Å². The van der Waals surface area contributed by atoms with Crippen LogP contribution in [0.15, 0.2) is 77.7 Å². The molecule has 3 aromatic carbocycles. The lowest BCUT2D eigenvalue weighted by Gasteiger charge is -2.32. The molecule has 1 fully saturated rings. The fourth-order valence-corrected chi connectivity index (χ4v) is 6.61. The Labute approximate surface area is 223 Å². The highest BCUT2D eigenvalue weighted by molar-refractivity contribution is 7.89. The number of rotatable bonds is 9. The lowest BCUT2D eigenvalue weighted by molar-refractivity contribution is -0.126. The second-order valence-electron chi connectivity index (χ2n) is 9.76. The number of halogens is 2. The molecule has 0 spiro atoms. The van der Waals surface area contributed by atoms with E-state index in [4.69, 9.17) is 11.6 Å². The Bertz CT molecular complexity index is 1310. The molecule has 0 saturated heterocycles. The highest BCUT2D eigenvalue weighted by Crippen LogP contribution is 2.32. The van der Waals surface area contributed by atoms with Crippen LogP contribution >= 0.6 is 11.6 Å². The molecule has 1 N–H and O–H groups in total. The van der Waals surface area contributed by atoms with Gasteiger partial charge in [-0.05, 0) is 61.8 Å². The van der Waals surface area contributed by atoms with Crippen LogP contribution in [-0.4, -0.2) is 25.2 Å². The van der Waals surface area contributed by atoms with Crippen molar-refractivity contribution in [3.63, 3.8) is 0 Å². The Balaban J connectivity index is 1.41. The standard InChI is InChI=1S/C29H32ClFN2O3S/c1-21-10-12-22(13-11-21)18-32-29(34)25-16-14-24(15-17-25)20-33(19-23-6-3-2-4-7-23)37(35,36)27-9-5-8-26(30)28(27)31/h2-13,24-25H,14-20H2,1H3,(H,32,34). The van der Waals surface area contributed by atoms with Crippen LogP contribution < -0.4 is 5.32 Å². The van der Waals surface area contributed by atoms with Crippen LogP contribution in [0, 0.1) is 24.6 Å². The first-order chi connectivity index (χ1) is 17.7. The van der Waals surface area contributed by atoms with Gasteiger partial charge in [-0.15, -0.1) is 0 Å². The monoisotopic (exact) mass is 542 g/mol. The Kier molecular flexibility index (Phi) is 9.00. The fraction of sp³-hybridized carbons (Fsp3) is 0.345. The van der Waals surface area contributed by atoms with Crippen LogP contribution in [0.1, 0.15) is 42.4 Å². The Morgan fingerprint density at radius 1 is 0.946 bits per heavy atom. The fourth-order valence-electron chi connectivity index (χ4n) is 4.79. The van der Waals surface area contributed by atoms with E-state index in [2.05, 4.69) is 5.32 Å². The van der Waals surface area contributed by atoms with E-state index in [-0.39, 0.29) is 35.9 Å². The van der Waals surface area contributed by atoms with Gasteiger partial charge in [0.15, 0.2) is 5.82 Å². The summed E-state index contributed by atoms with van der Waals surface area (Å²) in [5.41, 5.74) is 3.05. The van der Waals surface area contributed by atoms with E-state index in [0.717, 1.165) is 24.0 Å². The zero-order valence-electron chi connectivity index (χ0n) is 20.9. The Morgan fingerprint density at radius 3 is 2.30 bits per heavy atom. The molecule has 8 heteroatoms. The van der Waals surface area contributed by atoms with Crippen LogP contribution in [0.2, 0.25) is 5.02 Å². The maximum absolute atomic E-state index is 14.7. The van der Waals surface area contributed by atoms with Crippen molar-refractivity contribution in [2.45, 2.75) is 50.6 Å². The maximum Gasteiger partial charge on any atom is 0.246 e. The molecule has 3 aromatic rings. The molecule has 1 saturated carbocycles. The Hall–Kier alpha value is -2.74. The molecular weight excluding hydrogens is 511 g/mol. The molecule has 0 unspecified atom stereocenters. The van der Waals surface area contributed by atoms with Gasteiger partial charge in [-0.25, -0.2) is 12.8 Å². The van der Waals surface area contributed by atoms with Gasteiger partial charge in [0.05, 0.1) is 5.02 Å². The number of hydrogen-bond acceptors (Lipinski definition) is 3. The number of nitrogens with zero attached hydrogens (tertiary/aromatic N) is 1. The molecule has 196 valence electrons. The summed E-state index contributed by atoms with van der Waals surface area (Å²) in [5, 5.41) is 2.81. The van der Waals surface area contributed by atoms with Gasteiger partial charge in [0.2, 0.25) is 15.9 Å². The summed E-state index contributed by atoms with van der Waals surface area (Å²) in [6.45, 7) is 2.90. The summed E-state index contributed by atoms with van der Waals surface area (Å²) in [6.07, 6.45) is 2.83. The number of carbonyl (C=O) groups excluding carboxylic acids is 1. The van der Waals surface area contributed by atoms with Gasteiger partial charge in [-0.2, -0.15) is 4.31 Å². The summed E-state index contributed by atoms with van der Waals surface area (Å²) in [7, 11) is -4.13. The predicted octanol–water partition coefficient (Wildman–Crippen LogP) is 6.10. The predicted molar refractivity (Wildman–Crippen MR) is 144 cm³/mol. The quantitative estimate of drug-likeness (QED) is 0.355. The number of nitrogens with one attached hydrogen (secondary N) is 1. The van der Waals surface area contributed by atoms with E-state index >= 15 is 0 Å². The number of hydrogen-bond donors (Lipinski definition) is 1. The van der Waals surface area contributed by atoms with Crippen molar-refractivity contribution in [2.75, 3.05) is 6.54 Å². The number of amides is 1.